The van der Waals surface area contributed by atoms with E-state index in [0.717, 1.165) is 25.7 Å². The molecule has 0 amide bonds. The van der Waals surface area contributed by atoms with Crippen molar-refractivity contribution in [3.63, 3.8) is 0 Å². The normalized spacial score (nSPS) is 11.5. The molecule has 0 aliphatic carbocycles. The molecule has 0 aromatic heterocycles. The van der Waals surface area contributed by atoms with Crippen molar-refractivity contribution in [2.75, 3.05) is 7.11 Å². The van der Waals surface area contributed by atoms with Crippen molar-refractivity contribution in [3.05, 3.63) is 23.8 Å². The van der Waals surface area contributed by atoms with Gasteiger partial charge in [0.25, 0.3) is 0 Å². The van der Waals surface area contributed by atoms with Crippen LogP contribution in [0.2, 0.25) is 0 Å². The summed E-state index contributed by atoms with van der Waals surface area (Å²) in [6.07, 6.45) is 42.4. The summed E-state index contributed by atoms with van der Waals surface area (Å²) in [6.45, 7) is 6.20. The molecule has 4 nitrogen and oxygen atoms in total. The van der Waals surface area contributed by atoms with Crippen LogP contribution in [-0.4, -0.2) is 24.2 Å². The summed E-state index contributed by atoms with van der Waals surface area (Å²) in [7, 11) is 1.46. The quantitative estimate of drug-likeness (QED) is 0.0390. The van der Waals surface area contributed by atoms with Crippen LogP contribution in [0.1, 0.15) is 201 Å². The third-order valence-corrected chi connectivity index (χ3v) is 7.97. The molecule has 0 aromatic rings. The second kappa shape index (κ2) is 37.4. The van der Waals surface area contributed by atoms with E-state index in [1.807, 2.05) is 6.08 Å². The van der Waals surface area contributed by atoms with Gasteiger partial charge in [-0.1, -0.05) is 160 Å². The van der Waals surface area contributed by atoms with Crippen LogP contribution in [0.5, 0.6) is 0 Å². The maximum absolute atomic E-state index is 10.9. The molecule has 0 saturated heterocycles. The molecule has 0 saturated carbocycles. The third-order valence-electron chi connectivity index (χ3n) is 7.97. The molecule has 1 N–H and O–H groups in total. The minimum absolute atomic E-state index is 0.0763. The van der Waals surface area contributed by atoms with Crippen molar-refractivity contribution in [1.29, 1.82) is 0 Å². The number of carbonyl (C=O) groups is 2. The Hall–Kier alpha value is -1.58. The Morgan fingerprint density at radius 2 is 0.857 bits per heavy atom. The number of unbranched alkanes of at least 4 members (excludes halogenated alkanes) is 24. The molecule has 0 aliphatic heterocycles. The molecule has 0 spiro atoms. The van der Waals surface area contributed by atoms with Gasteiger partial charge in [-0.2, -0.15) is 0 Å². The van der Waals surface area contributed by atoms with Crippen molar-refractivity contribution in [1.82, 2.24) is 0 Å². The SMILES string of the molecule is CCCCCCCC/C=C\CCCCCCCC(=O)OC.CCCCCCCCCCCCCCCC=C(C)C(=O)O. The molecule has 0 heterocycles. The average molecular weight is 593 g/mol. The minimum atomic E-state index is -0.787. The average Bonchev–Trinajstić information content (AvgIpc) is 2.99. The van der Waals surface area contributed by atoms with Crippen molar-refractivity contribution >= 4 is 11.9 Å². The van der Waals surface area contributed by atoms with Crippen molar-refractivity contribution in [2.24, 2.45) is 0 Å². The highest BCUT2D eigenvalue weighted by atomic mass is 16.5. The van der Waals surface area contributed by atoms with Gasteiger partial charge in [0, 0.05) is 12.0 Å². The van der Waals surface area contributed by atoms with Crippen LogP contribution in [0.15, 0.2) is 23.8 Å². The lowest BCUT2D eigenvalue weighted by Gasteiger charge is -2.02. The van der Waals surface area contributed by atoms with E-state index in [0.29, 0.717) is 12.0 Å². The Kier molecular flexibility index (Phi) is 37.9. The van der Waals surface area contributed by atoms with E-state index in [9.17, 15) is 9.59 Å². The smallest absolute Gasteiger partial charge is 0.330 e. The van der Waals surface area contributed by atoms with Crippen molar-refractivity contribution < 1.29 is 19.4 Å². The summed E-state index contributed by atoms with van der Waals surface area (Å²) in [6, 6.07) is 0. The first-order chi connectivity index (χ1) is 20.5. The van der Waals surface area contributed by atoms with E-state index < -0.39 is 5.97 Å². The first-order valence-corrected chi connectivity index (χ1v) is 18.1. The number of hydrogen-bond acceptors (Lipinski definition) is 3. The number of esters is 1. The monoisotopic (exact) mass is 593 g/mol. The van der Waals surface area contributed by atoms with Gasteiger partial charge in [0.05, 0.1) is 7.11 Å². The van der Waals surface area contributed by atoms with Gasteiger partial charge in [0.1, 0.15) is 0 Å². The van der Waals surface area contributed by atoms with Gasteiger partial charge in [0.2, 0.25) is 0 Å². The predicted octanol–water partition coefficient (Wildman–Crippen LogP) is 12.7. The first kappa shape index (κ1) is 42.6. The zero-order valence-electron chi connectivity index (χ0n) is 28.7. The summed E-state index contributed by atoms with van der Waals surface area (Å²) in [5.41, 5.74) is 0.480. The van der Waals surface area contributed by atoms with Crippen molar-refractivity contribution in [2.45, 2.75) is 201 Å². The van der Waals surface area contributed by atoms with E-state index in [1.165, 1.54) is 155 Å². The zero-order valence-corrected chi connectivity index (χ0v) is 28.7. The highest BCUT2D eigenvalue weighted by Gasteiger charge is 1.99. The van der Waals surface area contributed by atoms with Gasteiger partial charge >= 0.3 is 11.9 Å². The molecular formula is C38H72O4. The molecule has 0 fully saturated rings. The summed E-state index contributed by atoms with van der Waals surface area (Å²) in [5, 5.41) is 8.72. The number of rotatable bonds is 30. The van der Waals surface area contributed by atoms with E-state index in [2.05, 4.69) is 30.7 Å². The van der Waals surface area contributed by atoms with Crippen LogP contribution in [-0.2, 0) is 14.3 Å². The molecule has 0 aliphatic rings. The zero-order chi connectivity index (χ0) is 31.4. The molecule has 4 heteroatoms. The fourth-order valence-corrected chi connectivity index (χ4v) is 5.01. The molecule has 0 radical (unpaired) electrons. The Morgan fingerprint density at radius 1 is 0.524 bits per heavy atom. The summed E-state index contributed by atoms with van der Waals surface area (Å²) in [4.78, 5) is 21.5. The van der Waals surface area contributed by atoms with Crippen LogP contribution >= 0.6 is 0 Å². The van der Waals surface area contributed by atoms with Crippen molar-refractivity contribution in [3.8, 4) is 0 Å². The molecule has 0 aromatic carbocycles. The minimum Gasteiger partial charge on any atom is -0.478 e. The number of methoxy groups -OCH3 is 1. The molecular weight excluding hydrogens is 520 g/mol. The second-order valence-corrected chi connectivity index (χ2v) is 12.1. The first-order valence-electron chi connectivity index (χ1n) is 18.1. The van der Waals surface area contributed by atoms with Crippen LogP contribution in [0.3, 0.4) is 0 Å². The van der Waals surface area contributed by atoms with Gasteiger partial charge in [0.15, 0.2) is 0 Å². The molecule has 248 valence electrons. The van der Waals surface area contributed by atoms with E-state index >= 15 is 0 Å². The number of ether oxygens (including phenoxy) is 1. The standard InChI is InChI=1S/2C19H36O2/c1-3-4-5-6-7-8-9-10-11-12-13-14-15-16-17-18-19(20)21-2;1-3-4-5-6-7-8-9-10-11-12-13-14-15-16-17-18(2)19(20)21/h10-11H,3-9,12-18H2,1-2H3;17H,3-16H2,1-2H3,(H,20,21)/b11-10-;. The van der Waals surface area contributed by atoms with E-state index in [1.54, 1.807) is 6.92 Å². The lowest BCUT2D eigenvalue weighted by atomic mass is 10.0. The summed E-state index contributed by atoms with van der Waals surface area (Å²) in [5.74, 6) is -0.864. The van der Waals surface area contributed by atoms with E-state index in [4.69, 9.17) is 5.11 Å². The Bertz CT molecular complexity index is 623. The largest absolute Gasteiger partial charge is 0.478 e. The summed E-state index contributed by atoms with van der Waals surface area (Å²) < 4.78 is 4.62. The number of allylic oxidation sites excluding steroid dienone is 3. The molecule has 0 unspecified atom stereocenters. The van der Waals surface area contributed by atoms with Crippen LogP contribution in [0.4, 0.5) is 0 Å². The number of carboxylic acid groups (broad SMARTS) is 1. The van der Waals surface area contributed by atoms with Crippen LogP contribution < -0.4 is 0 Å². The highest BCUT2D eigenvalue weighted by molar-refractivity contribution is 5.85. The lowest BCUT2D eigenvalue weighted by Crippen LogP contribution is -1.98. The third kappa shape index (κ3) is 38.4. The fraction of sp³-hybridized carbons (Fsp3) is 0.842. The Morgan fingerprint density at radius 3 is 1.21 bits per heavy atom. The Labute approximate surface area is 262 Å². The van der Waals surface area contributed by atoms with Gasteiger partial charge in [-0.25, -0.2) is 4.79 Å². The predicted molar refractivity (Wildman–Crippen MR) is 183 cm³/mol. The maximum atomic E-state index is 10.9. The van der Waals surface area contributed by atoms with Gasteiger partial charge < -0.3 is 9.84 Å². The fourth-order valence-electron chi connectivity index (χ4n) is 5.01. The van der Waals surface area contributed by atoms with E-state index in [-0.39, 0.29) is 5.97 Å². The van der Waals surface area contributed by atoms with Gasteiger partial charge in [-0.15, -0.1) is 0 Å². The number of aliphatic carboxylic acids is 1. The lowest BCUT2D eigenvalue weighted by molar-refractivity contribution is -0.140. The topological polar surface area (TPSA) is 63.6 Å². The van der Waals surface area contributed by atoms with Crippen LogP contribution in [0, 0.1) is 0 Å². The van der Waals surface area contributed by atoms with Gasteiger partial charge in [-0.05, 0) is 51.9 Å². The maximum Gasteiger partial charge on any atom is 0.330 e. The second-order valence-electron chi connectivity index (χ2n) is 12.1. The van der Waals surface area contributed by atoms with Crippen LogP contribution in [0.25, 0.3) is 0 Å². The molecule has 0 bridgehead atoms. The number of carboxylic acids is 1. The number of carbonyl (C=O) groups excluding carboxylic acids is 1. The summed E-state index contributed by atoms with van der Waals surface area (Å²) >= 11 is 0. The highest BCUT2D eigenvalue weighted by Crippen LogP contribution is 2.14. The Balaban J connectivity index is 0. The number of hydrogen-bond donors (Lipinski definition) is 1. The molecule has 0 rings (SSSR count). The van der Waals surface area contributed by atoms with Gasteiger partial charge in [-0.3, -0.25) is 4.79 Å². The molecule has 42 heavy (non-hydrogen) atoms. The molecule has 0 atom stereocenters.